The third-order valence-corrected chi connectivity index (χ3v) is 2.69. The Balaban J connectivity index is 2.03. The van der Waals surface area contributed by atoms with Gasteiger partial charge in [-0.05, 0) is 25.1 Å². The molecule has 0 atom stereocenters. The first kappa shape index (κ1) is 13.8. The van der Waals surface area contributed by atoms with Crippen LogP contribution in [0.3, 0.4) is 0 Å². The van der Waals surface area contributed by atoms with Crippen molar-refractivity contribution in [1.29, 1.82) is 0 Å². The van der Waals surface area contributed by atoms with E-state index in [2.05, 4.69) is 10.3 Å². The molecule has 1 aromatic carbocycles. The minimum Gasteiger partial charge on any atom is -0.478 e. The van der Waals surface area contributed by atoms with E-state index in [9.17, 15) is 10.1 Å². The molecule has 6 nitrogen and oxygen atoms in total. The number of anilines is 1. The summed E-state index contributed by atoms with van der Waals surface area (Å²) in [6, 6.07) is 10.1. The average molecular weight is 273 g/mol. The van der Waals surface area contributed by atoms with E-state index in [1.807, 2.05) is 19.1 Å². The van der Waals surface area contributed by atoms with Crippen molar-refractivity contribution in [2.75, 3.05) is 11.9 Å². The lowest BCUT2D eigenvalue weighted by Crippen LogP contribution is -2.04. The van der Waals surface area contributed by atoms with Crippen LogP contribution in [0.4, 0.5) is 11.4 Å². The zero-order chi connectivity index (χ0) is 14.4. The number of nitro benzene ring substituents is 1. The van der Waals surface area contributed by atoms with E-state index < -0.39 is 4.92 Å². The van der Waals surface area contributed by atoms with Gasteiger partial charge >= 0.3 is 0 Å². The normalized spacial score (nSPS) is 10.1. The van der Waals surface area contributed by atoms with E-state index in [1.54, 1.807) is 18.3 Å². The van der Waals surface area contributed by atoms with Gasteiger partial charge in [-0.15, -0.1) is 0 Å². The topological polar surface area (TPSA) is 77.3 Å². The van der Waals surface area contributed by atoms with E-state index in [0.29, 0.717) is 19.0 Å². The molecule has 0 radical (unpaired) electrons. The molecule has 1 aromatic heterocycles. The van der Waals surface area contributed by atoms with Crippen molar-refractivity contribution in [3.8, 4) is 5.88 Å². The van der Waals surface area contributed by atoms with E-state index >= 15 is 0 Å². The third-order valence-electron chi connectivity index (χ3n) is 2.69. The molecule has 1 N–H and O–H groups in total. The highest BCUT2D eigenvalue weighted by molar-refractivity contribution is 5.49. The quantitative estimate of drug-likeness (QED) is 0.646. The highest BCUT2D eigenvalue weighted by atomic mass is 16.6. The summed E-state index contributed by atoms with van der Waals surface area (Å²) in [6.45, 7) is 3.00. The summed E-state index contributed by atoms with van der Waals surface area (Å²) >= 11 is 0. The zero-order valence-electron chi connectivity index (χ0n) is 11.1. The molecule has 0 saturated carbocycles. The molecule has 1 heterocycles. The highest BCUT2D eigenvalue weighted by Gasteiger charge is 2.06. The van der Waals surface area contributed by atoms with Crippen LogP contribution in [0.25, 0.3) is 0 Å². The molecule has 2 aromatic rings. The smallest absolute Gasteiger partial charge is 0.269 e. The molecule has 0 bridgehead atoms. The number of nitrogens with zero attached hydrogens (tertiary/aromatic N) is 2. The fourth-order valence-electron chi connectivity index (χ4n) is 1.72. The molecule has 0 spiro atoms. The Morgan fingerprint density at radius 3 is 2.70 bits per heavy atom. The van der Waals surface area contributed by atoms with Gasteiger partial charge in [0.25, 0.3) is 5.69 Å². The van der Waals surface area contributed by atoms with Crippen LogP contribution in [-0.4, -0.2) is 16.5 Å². The third kappa shape index (κ3) is 3.44. The molecule has 0 aliphatic rings. The van der Waals surface area contributed by atoms with Crippen molar-refractivity contribution >= 4 is 11.4 Å². The van der Waals surface area contributed by atoms with Crippen molar-refractivity contribution in [1.82, 2.24) is 4.98 Å². The van der Waals surface area contributed by atoms with E-state index in [1.165, 1.54) is 12.1 Å². The molecule has 0 saturated heterocycles. The van der Waals surface area contributed by atoms with Crippen molar-refractivity contribution in [2.45, 2.75) is 13.5 Å². The molecule has 20 heavy (non-hydrogen) atoms. The van der Waals surface area contributed by atoms with Crippen LogP contribution in [0.2, 0.25) is 0 Å². The number of pyridine rings is 1. The maximum Gasteiger partial charge on any atom is 0.269 e. The number of non-ortho nitro benzene ring substituents is 1. The summed E-state index contributed by atoms with van der Waals surface area (Å²) < 4.78 is 5.44. The second kappa shape index (κ2) is 6.51. The summed E-state index contributed by atoms with van der Waals surface area (Å²) in [4.78, 5) is 14.3. The molecule has 104 valence electrons. The van der Waals surface area contributed by atoms with Crippen LogP contribution in [0.1, 0.15) is 12.5 Å². The van der Waals surface area contributed by atoms with E-state index in [0.717, 1.165) is 11.3 Å². The minimum atomic E-state index is -0.419. The van der Waals surface area contributed by atoms with Crippen molar-refractivity contribution < 1.29 is 9.66 Å². The Hall–Kier alpha value is -2.63. The first-order valence-electron chi connectivity index (χ1n) is 6.25. The van der Waals surface area contributed by atoms with E-state index in [4.69, 9.17) is 4.74 Å². The monoisotopic (exact) mass is 273 g/mol. The summed E-state index contributed by atoms with van der Waals surface area (Å²) in [7, 11) is 0. The SMILES string of the molecule is CCOc1ncccc1CNc1ccc([N+](=O)[O-])cc1. The van der Waals surface area contributed by atoms with Crippen LogP contribution in [0.15, 0.2) is 42.6 Å². The standard InChI is InChI=1S/C14H15N3O3/c1-2-20-14-11(4-3-9-15-14)10-16-12-5-7-13(8-6-12)17(18)19/h3-9,16H,2,10H2,1H3. The Bertz CT molecular complexity index is 584. The molecule has 2 rings (SSSR count). The number of benzene rings is 1. The van der Waals surface area contributed by atoms with Gasteiger partial charge in [-0.1, -0.05) is 6.07 Å². The lowest BCUT2D eigenvalue weighted by atomic mass is 10.2. The fourth-order valence-corrected chi connectivity index (χ4v) is 1.72. The highest BCUT2D eigenvalue weighted by Crippen LogP contribution is 2.19. The maximum atomic E-state index is 10.6. The Morgan fingerprint density at radius 1 is 1.30 bits per heavy atom. The van der Waals surface area contributed by atoms with Gasteiger partial charge in [0.2, 0.25) is 5.88 Å². The Kier molecular flexibility index (Phi) is 4.49. The Morgan fingerprint density at radius 2 is 2.05 bits per heavy atom. The summed E-state index contributed by atoms with van der Waals surface area (Å²) in [5.74, 6) is 0.601. The maximum absolute atomic E-state index is 10.6. The number of nitrogens with one attached hydrogen (secondary N) is 1. The molecule has 0 unspecified atom stereocenters. The molecule has 0 fully saturated rings. The molecule has 0 aliphatic carbocycles. The van der Waals surface area contributed by atoms with Crippen molar-refractivity contribution in [2.24, 2.45) is 0 Å². The van der Waals surface area contributed by atoms with Gasteiger partial charge in [0.15, 0.2) is 0 Å². The lowest BCUT2D eigenvalue weighted by molar-refractivity contribution is -0.384. The molecule has 6 heteroatoms. The summed E-state index contributed by atoms with van der Waals surface area (Å²) in [5, 5.41) is 13.8. The molecule has 0 amide bonds. The zero-order valence-corrected chi connectivity index (χ0v) is 11.1. The number of hydrogen-bond donors (Lipinski definition) is 1. The van der Waals surface area contributed by atoms with E-state index in [-0.39, 0.29) is 5.69 Å². The largest absolute Gasteiger partial charge is 0.478 e. The second-order valence-electron chi connectivity index (χ2n) is 4.06. The Labute approximate surface area is 116 Å². The summed E-state index contributed by atoms with van der Waals surface area (Å²) in [5.41, 5.74) is 1.82. The number of rotatable bonds is 6. The van der Waals surface area contributed by atoms with Gasteiger partial charge in [-0.2, -0.15) is 0 Å². The average Bonchev–Trinajstić information content (AvgIpc) is 2.47. The van der Waals surface area contributed by atoms with Crippen LogP contribution < -0.4 is 10.1 Å². The van der Waals surface area contributed by atoms with Crippen LogP contribution in [0, 0.1) is 10.1 Å². The first-order chi connectivity index (χ1) is 9.70. The minimum absolute atomic E-state index is 0.0759. The number of aromatic nitrogens is 1. The molecular weight excluding hydrogens is 258 g/mol. The van der Waals surface area contributed by atoms with Gasteiger partial charge in [0, 0.05) is 36.1 Å². The molecule has 0 aliphatic heterocycles. The van der Waals surface area contributed by atoms with Gasteiger partial charge in [-0.25, -0.2) is 4.98 Å². The van der Waals surface area contributed by atoms with Crippen molar-refractivity contribution in [3.05, 3.63) is 58.3 Å². The fraction of sp³-hybridized carbons (Fsp3) is 0.214. The predicted octanol–water partition coefficient (Wildman–Crippen LogP) is 3.00. The number of nitro groups is 1. The van der Waals surface area contributed by atoms with Gasteiger partial charge in [0.05, 0.1) is 11.5 Å². The van der Waals surface area contributed by atoms with Crippen LogP contribution in [-0.2, 0) is 6.54 Å². The van der Waals surface area contributed by atoms with Crippen LogP contribution in [0.5, 0.6) is 5.88 Å². The van der Waals surface area contributed by atoms with Crippen molar-refractivity contribution in [3.63, 3.8) is 0 Å². The first-order valence-corrected chi connectivity index (χ1v) is 6.25. The molecular formula is C14H15N3O3. The van der Waals surface area contributed by atoms with Gasteiger partial charge in [-0.3, -0.25) is 10.1 Å². The lowest BCUT2D eigenvalue weighted by Gasteiger charge is -2.10. The summed E-state index contributed by atoms with van der Waals surface area (Å²) in [6.07, 6.45) is 1.68. The van der Waals surface area contributed by atoms with Gasteiger partial charge in [0.1, 0.15) is 0 Å². The number of hydrogen-bond acceptors (Lipinski definition) is 5. The predicted molar refractivity (Wildman–Crippen MR) is 75.8 cm³/mol. The second-order valence-corrected chi connectivity index (χ2v) is 4.06. The number of ether oxygens (including phenoxy) is 1. The van der Waals surface area contributed by atoms with Gasteiger partial charge < -0.3 is 10.1 Å². The van der Waals surface area contributed by atoms with Crippen LogP contribution >= 0.6 is 0 Å².